The highest BCUT2D eigenvalue weighted by Gasteiger charge is 2.09. The van der Waals surface area contributed by atoms with Crippen molar-refractivity contribution in [1.29, 1.82) is 0 Å². The zero-order valence-electron chi connectivity index (χ0n) is 10.8. The molecule has 1 aromatic heterocycles. The summed E-state index contributed by atoms with van der Waals surface area (Å²) in [4.78, 5) is 18.9. The van der Waals surface area contributed by atoms with Gasteiger partial charge in [-0.3, -0.25) is 4.79 Å². The maximum atomic E-state index is 13.0. The second-order valence-electron chi connectivity index (χ2n) is 4.35. The highest BCUT2D eigenvalue weighted by molar-refractivity contribution is 6.31. The SMILES string of the molecule is CCc1nc(Cc2ccc(F)cc2Cl)[nH]c(=O)c1C. The van der Waals surface area contributed by atoms with E-state index < -0.39 is 0 Å². The molecule has 1 aromatic carbocycles. The maximum absolute atomic E-state index is 13.0. The Morgan fingerprint density at radius 3 is 2.79 bits per heavy atom. The van der Waals surface area contributed by atoms with Gasteiger partial charge in [-0.2, -0.15) is 0 Å². The molecule has 0 aliphatic carbocycles. The van der Waals surface area contributed by atoms with E-state index in [-0.39, 0.29) is 11.4 Å². The molecular formula is C14H14ClFN2O. The predicted molar refractivity (Wildman–Crippen MR) is 73.2 cm³/mol. The number of H-pyrrole nitrogens is 1. The lowest BCUT2D eigenvalue weighted by atomic mass is 10.1. The maximum Gasteiger partial charge on any atom is 0.254 e. The Labute approximate surface area is 115 Å². The van der Waals surface area contributed by atoms with Crippen LogP contribution in [-0.4, -0.2) is 9.97 Å². The van der Waals surface area contributed by atoms with Gasteiger partial charge in [0.1, 0.15) is 11.6 Å². The fourth-order valence-corrected chi connectivity index (χ4v) is 2.14. The van der Waals surface area contributed by atoms with Gasteiger partial charge >= 0.3 is 0 Å². The second kappa shape index (κ2) is 5.53. The molecule has 0 amide bonds. The molecule has 0 saturated carbocycles. The molecule has 19 heavy (non-hydrogen) atoms. The van der Waals surface area contributed by atoms with Crippen LogP contribution in [0.4, 0.5) is 4.39 Å². The van der Waals surface area contributed by atoms with Crippen molar-refractivity contribution in [3.8, 4) is 0 Å². The van der Waals surface area contributed by atoms with Crippen LogP contribution in [0.3, 0.4) is 0 Å². The van der Waals surface area contributed by atoms with Crippen LogP contribution >= 0.6 is 11.6 Å². The Hall–Kier alpha value is -1.68. The molecule has 5 heteroatoms. The molecule has 0 saturated heterocycles. The average Bonchev–Trinajstić information content (AvgIpc) is 2.37. The first-order valence-electron chi connectivity index (χ1n) is 6.04. The van der Waals surface area contributed by atoms with Gasteiger partial charge < -0.3 is 4.98 Å². The van der Waals surface area contributed by atoms with Gasteiger partial charge in [0.05, 0.1) is 5.69 Å². The molecule has 100 valence electrons. The zero-order valence-corrected chi connectivity index (χ0v) is 11.5. The van der Waals surface area contributed by atoms with Crippen LogP contribution in [0.5, 0.6) is 0 Å². The molecule has 1 N–H and O–H groups in total. The smallest absolute Gasteiger partial charge is 0.254 e. The summed E-state index contributed by atoms with van der Waals surface area (Å²) in [6.45, 7) is 3.70. The molecular weight excluding hydrogens is 267 g/mol. The summed E-state index contributed by atoms with van der Waals surface area (Å²) in [6, 6.07) is 4.20. The average molecular weight is 281 g/mol. The molecule has 0 aliphatic rings. The Balaban J connectivity index is 2.38. The Kier molecular flexibility index (Phi) is 4.00. The first-order chi connectivity index (χ1) is 9.01. The van der Waals surface area contributed by atoms with E-state index in [1.165, 1.54) is 12.1 Å². The second-order valence-corrected chi connectivity index (χ2v) is 4.76. The fourth-order valence-electron chi connectivity index (χ4n) is 1.90. The van der Waals surface area contributed by atoms with Crippen LogP contribution in [-0.2, 0) is 12.8 Å². The van der Waals surface area contributed by atoms with E-state index in [1.807, 2.05) is 6.92 Å². The van der Waals surface area contributed by atoms with Crippen molar-refractivity contribution in [2.45, 2.75) is 26.7 Å². The quantitative estimate of drug-likeness (QED) is 0.939. The third kappa shape index (κ3) is 3.01. The minimum Gasteiger partial charge on any atom is -0.310 e. The third-order valence-corrected chi connectivity index (χ3v) is 3.36. The fraction of sp³-hybridized carbons (Fsp3) is 0.286. The topological polar surface area (TPSA) is 45.8 Å². The third-order valence-electron chi connectivity index (χ3n) is 3.01. The van der Waals surface area contributed by atoms with Gasteiger partial charge in [-0.15, -0.1) is 0 Å². The molecule has 0 fully saturated rings. The van der Waals surface area contributed by atoms with Gasteiger partial charge in [0, 0.05) is 17.0 Å². The van der Waals surface area contributed by atoms with E-state index in [1.54, 1.807) is 13.0 Å². The molecule has 0 unspecified atom stereocenters. The van der Waals surface area contributed by atoms with Gasteiger partial charge in [0.15, 0.2) is 0 Å². The molecule has 0 radical (unpaired) electrons. The van der Waals surface area contributed by atoms with Crippen molar-refractivity contribution in [3.05, 3.63) is 62.0 Å². The van der Waals surface area contributed by atoms with E-state index in [9.17, 15) is 9.18 Å². The predicted octanol–water partition coefficient (Wildman–Crippen LogP) is 3.02. The number of hydrogen-bond acceptors (Lipinski definition) is 2. The van der Waals surface area contributed by atoms with Crippen molar-refractivity contribution in [3.63, 3.8) is 0 Å². The van der Waals surface area contributed by atoms with Crippen LogP contribution < -0.4 is 5.56 Å². The first kappa shape index (κ1) is 13.7. The van der Waals surface area contributed by atoms with Crippen LogP contribution in [0, 0.1) is 12.7 Å². The highest BCUT2D eigenvalue weighted by atomic mass is 35.5. The van der Waals surface area contributed by atoms with Gasteiger partial charge in [-0.25, -0.2) is 9.37 Å². The van der Waals surface area contributed by atoms with Crippen LogP contribution in [0.25, 0.3) is 0 Å². The standard InChI is InChI=1S/C14H14ClFN2O/c1-3-12-8(2)14(19)18-13(17-12)6-9-4-5-10(16)7-11(9)15/h4-5,7H,3,6H2,1-2H3,(H,17,18,19). The van der Waals surface area contributed by atoms with E-state index in [4.69, 9.17) is 11.6 Å². The number of rotatable bonds is 3. The zero-order chi connectivity index (χ0) is 14.0. The normalized spacial score (nSPS) is 10.7. The molecule has 2 aromatic rings. The lowest BCUT2D eigenvalue weighted by Crippen LogP contribution is -2.17. The van der Waals surface area contributed by atoms with Crippen molar-refractivity contribution >= 4 is 11.6 Å². The number of nitrogens with zero attached hydrogens (tertiary/aromatic N) is 1. The first-order valence-corrected chi connectivity index (χ1v) is 6.41. The van der Waals surface area contributed by atoms with Gasteiger partial charge in [0.25, 0.3) is 5.56 Å². The summed E-state index contributed by atoms with van der Waals surface area (Å²) in [6.07, 6.45) is 1.07. The number of halogens is 2. The number of aryl methyl sites for hydroxylation is 1. The van der Waals surface area contributed by atoms with Gasteiger partial charge in [-0.05, 0) is 31.0 Å². The summed E-state index contributed by atoms with van der Waals surface area (Å²) < 4.78 is 13.0. The van der Waals surface area contributed by atoms with Crippen molar-refractivity contribution < 1.29 is 4.39 Å². The lowest BCUT2D eigenvalue weighted by Gasteiger charge is -2.07. The molecule has 0 atom stereocenters. The summed E-state index contributed by atoms with van der Waals surface area (Å²) in [5.41, 5.74) is 2.01. The van der Waals surface area contributed by atoms with E-state index in [0.29, 0.717) is 29.3 Å². The largest absolute Gasteiger partial charge is 0.310 e. The molecule has 2 rings (SSSR count). The molecule has 0 spiro atoms. The van der Waals surface area contributed by atoms with E-state index in [2.05, 4.69) is 9.97 Å². The molecule has 0 aliphatic heterocycles. The monoisotopic (exact) mass is 280 g/mol. The van der Waals surface area contributed by atoms with Crippen molar-refractivity contribution in [2.24, 2.45) is 0 Å². The van der Waals surface area contributed by atoms with E-state index in [0.717, 1.165) is 11.3 Å². The summed E-state index contributed by atoms with van der Waals surface area (Å²) in [7, 11) is 0. The lowest BCUT2D eigenvalue weighted by molar-refractivity contribution is 0.627. The Bertz CT molecular complexity index is 667. The van der Waals surface area contributed by atoms with Crippen molar-refractivity contribution in [1.82, 2.24) is 9.97 Å². The van der Waals surface area contributed by atoms with Crippen molar-refractivity contribution in [2.75, 3.05) is 0 Å². The summed E-state index contributed by atoms with van der Waals surface area (Å²) in [5.74, 6) is 0.161. The Morgan fingerprint density at radius 1 is 1.42 bits per heavy atom. The molecule has 0 bridgehead atoms. The molecule has 1 heterocycles. The molecule has 3 nitrogen and oxygen atoms in total. The minimum atomic E-state index is -0.381. The van der Waals surface area contributed by atoms with Gasteiger partial charge in [-0.1, -0.05) is 24.6 Å². The number of hydrogen-bond donors (Lipinski definition) is 1. The van der Waals surface area contributed by atoms with Gasteiger partial charge in [0.2, 0.25) is 0 Å². The van der Waals surface area contributed by atoms with Crippen LogP contribution in [0.2, 0.25) is 5.02 Å². The number of nitrogens with one attached hydrogen (secondary N) is 1. The van der Waals surface area contributed by atoms with Crippen LogP contribution in [0.15, 0.2) is 23.0 Å². The summed E-state index contributed by atoms with van der Waals surface area (Å²) in [5, 5.41) is 0.335. The summed E-state index contributed by atoms with van der Waals surface area (Å²) >= 11 is 5.96. The number of aromatic nitrogens is 2. The minimum absolute atomic E-state index is 0.139. The van der Waals surface area contributed by atoms with E-state index >= 15 is 0 Å². The number of aromatic amines is 1. The Morgan fingerprint density at radius 2 is 2.16 bits per heavy atom. The van der Waals surface area contributed by atoms with Crippen LogP contribution in [0.1, 0.15) is 29.6 Å². The highest BCUT2D eigenvalue weighted by Crippen LogP contribution is 2.19. The number of benzene rings is 1.